The fourth-order valence-corrected chi connectivity index (χ4v) is 1.43. The summed E-state index contributed by atoms with van der Waals surface area (Å²) in [5.41, 5.74) is -0.447. The SMILES string of the molecule is CCOC(=O)C(C#N)=NOC1(N(C)C)CNCCO1. The summed E-state index contributed by atoms with van der Waals surface area (Å²) in [6.07, 6.45) is 0. The van der Waals surface area contributed by atoms with Gasteiger partial charge in [0, 0.05) is 6.54 Å². The molecule has 8 heteroatoms. The average Bonchev–Trinajstić information content (AvgIpc) is 2.40. The second-order valence-electron chi connectivity index (χ2n) is 4.00. The Morgan fingerprint density at radius 3 is 2.84 bits per heavy atom. The predicted octanol–water partition coefficient (Wildman–Crippen LogP) is -0.719. The molecule has 0 aromatic carbocycles. The molecule has 0 aliphatic carbocycles. The zero-order valence-corrected chi connectivity index (χ0v) is 11.3. The Labute approximate surface area is 111 Å². The van der Waals surface area contributed by atoms with Gasteiger partial charge in [0.1, 0.15) is 6.07 Å². The monoisotopic (exact) mass is 270 g/mol. The van der Waals surface area contributed by atoms with Gasteiger partial charge in [-0.2, -0.15) is 5.26 Å². The Bertz CT molecular complexity index is 383. The highest BCUT2D eigenvalue weighted by molar-refractivity contribution is 6.42. The van der Waals surface area contributed by atoms with Crippen LogP contribution in [-0.2, 0) is 19.1 Å². The number of oxime groups is 1. The zero-order chi connectivity index (χ0) is 14.3. The van der Waals surface area contributed by atoms with Crippen molar-refractivity contribution >= 4 is 11.7 Å². The predicted molar refractivity (Wildman–Crippen MR) is 66.0 cm³/mol. The van der Waals surface area contributed by atoms with E-state index in [1.54, 1.807) is 32.0 Å². The molecule has 1 unspecified atom stereocenters. The van der Waals surface area contributed by atoms with Gasteiger partial charge >= 0.3 is 11.9 Å². The van der Waals surface area contributed by atoms with E-state index in [-0.39, 0.29) is 6.61 Å². The summed E-state index contributed by atoms with van der Waals surface area (Å²) in [6.45, 7) is 3.31. The van der Waals surface area contributed by atoms with Crippen LogP contribution < -0.4 is 5.32 Å². The van der Waals surface area contributed by atoms with Crippen LogP contribution in [0.4, 0.5) is 0 Å². The van der Waals surface area contributed by atoms with E-state index in [2.05, 4.69) is 15.2 Å². The van der Waals surface area contributed by atoms with E-state index in [1.807, 2.05) is 0 Å². The van der Waals surface area contributed by atoms with Crippen LogP contribution in [0, 0.1) is 11.3 Å². The maximum Gasteiger partial charge on any atom is 0.371 e. The smallest absolute Gasteiger partial charge is 0.371 e. The molecule has 1 atom stereocenters. The highest BCUT2D eigenvalue weighted by Crippen LogP contribution is 2.18. The van der Waals surface area contributed by atoms with Crippen LogP contribution >= 0.6 is 0 Å². The summed E-state index contributed by atoms with van der Waals surface area (Å²) in [5.74, 6) is -1.95. The van der Waals surface area contributed by atoms with Crippen molar-refractivity contribution in [3.63, 3.8) is 0 Å². The highest BCUT2D eigenvalue weighted by Gasteiger charge is 2.39. The third-order valence-electron chi connectivity index (χ3n) is 2.49. The lowest BCUT2D eigenvalue weighted by atomic mass is 10.3. The number of hydrogen-bond acceptors (Lipinski definition) is 8. The lowest BCUT2D eigenvalue weighted by Gasteiger charge is -2.39. The minimum atomic E-state index is -1.13. The van der Waals surface area contributed by atoms with E-state index >= 15 is 0 Å². The van der Waals surface area contributed by atoms with Crippen LogP contribution in [-0.4, -0.2) is 62.9 Å². The number of hydrogen-bond donors (Lipinski definition) is 1. The Balaban J connectivity index is 2.79. The van der Waals surface area contributed by atoms with Gasteiger partial charge in [-0.15, -0.1) is 0 Å². The quantitative estimate of drug-likeness (QED) is 0.305. The van der Waals surface area contributed by atoms with Crippen molar-refractivity contribution in [3.05, 3.63) is 0 Å². The lowest BCUT2D eigenvalue weighted by Crippen LogP contribution is -2.59. The molecule has 0 aromatic rings. The van der Waals surface area contributed by atoms with Crippen molar-refractivity contribution in [1.29, 1.82) is 5.26 Å². The Hall–Kier alpha value is -1.69. The summed E-state index contributed by atoms with van der Waals surface area (Å²) >= 11 is 0. The molecule has 0 bridgehead atoms. The van der Waals surface area contributed by atoms with E-state index in [0.29, 0.717) is 19.7 Å². The molecule has 0 saturated carbocycles. The summed E-state index contributed by atoms with van der Waals surface area (Å²) in [7, 11) is 3.50. The number of ether oxygens (including phenoxy) is 2. The fraction of sp³-hybridized carbons (Fsp3) is 0.727. The molecular formula is C11H18N4O4. The molecule has 106 valence electrons. The first-order valence-corrected chi connectivity index (χ1v) is 5.91. The molecule has 0 aromatic heterocycles. The first-order chi connectivity index (χ1) is 9.05. The van der Waals surface area contributed by atoms with E-state index in [4.69, 9.17) is 14.8 Å². The molecule has 1 rings (SSSR count). The van der Waals surface area contributed by atoms with Gasteiger partial charge in [0.25, 0.3) is 5.71 Å². The maximum atomic E-state index is 11.4. The number of rotatable bonds is 5. The van der Waals surface area contributed by atoms with Gasteiger partial charge < -0.3 is 19.6 Å². The van der Waals surface area contributed by atoms with Gasteiger partial charge in [-0.25, -0.2) is 9.69 Å². The average molecular weight is 270 g/mol. The van der Waals surface area contributed by atoms with Gasteiger partial charge in [0.15, 0.2) is 0 Å². The van der Waals surface area contributed by atoms with Crippen LogP contribution in [0.2, 0.25) is 0 Å². The first kappa shape index (κ1) is 15.4. The van der Waals surface area contributed by atoms with Crippen molar-refractivity contribution < 1.29 is 19.1 Å². The lowest BCUT2D eigenvalue weighted by molar-refractivity contribution is -0.314. The third-order valence-corrected chi connectivity index (χ3v) is 2.49. The standard InChI is InChI=1S/C11H18N4O4/c1-4-17-10(16)9(7-12)14-19-11(15(2)3)8-13-5-6-18-11/h13H,4-6,8H2,1-3H3. The Morgan fingerprint density at radius 1 is 1.63 bits per heavy atom. The zero-order valence-electron chi connectivity index (χ0n) is 11.3. The first-order valence-electron chi connectivity index (χ1n) is 5.91. The van der Waals surface area contributed by atoms with Crippen LogP contribution in [0.1, 0.15) is 6.92 Å². The molecule has 8 nitrogen and oxygen atoms in total. The van der Waals surface area contributed by atoms with Gasteiger partial charge in [-0.1, -0.05) is 5.16 Å². The molecule has 1 fully saturated rings. The van der Waals surface area contributed by atoms with E-state index < -0.39 is 17.6 Å². The van der Waals surface area contributed by atoms with E-state index in [0.717, 1.165) is 0 Å². The maximum absolute atomic E-state index is 11.4. The van der Waals surface area contributed by atoms with E-state index in [9.17, 15) is 4.79 Å². The van der Waals surface area contributed by atoms with Gasteiger partial charge in [-0.05, 0) is 21.0 Å². The molecule has 1 saturated heterocycles. The summed E-state index contributed by atoms with van der Waals surface area (Å²) in [4.78, 5) is 18.3. The van der Waals surface area contributed by atoms with Gasteiger partial charge in [-0.3, -0.25) is 0 Å². The number of likely N-dealkylation sites (N-methyl/N-ethyl adjacent to an activating group) is 1. The van der Waals surface area contributed by atoms with Crippen molar-refractivity contribution in [2.45, 2.75) is 12.8 Å². The third kappa shape index (κ3) is 3.89. The second-order valence-corrected chi connectivity index (χ2v) is 4.00. The molecule has 0 radical (unpaired) electrons. The molecule has 1 aliphatic heterocycles. The van der Waals surface area contributed by atoms with E-state index in [1.165, 1.54) is 0 Å². The Kier molecular flexibility index (Phi) is 5.69. The van der Waals surface area contributed by atoms with Gasteiger partial charge in [0.05, 0.1) is 19.8 Å². The van der Waals surface area contributed by atoms with Crippen molar-refractivity contribution in [2.75, 3.05) is 40.4 Å². The number of esters is 1. The normalized spacial score (nSPS) is 23.8. The number of nitrogens with one attached hydrogen (secondary N) is 1. The summed E-state index contributed by atoms with van der Waals surface area (Å²) in [6, 6.07) is 1.64. The molecule has 1 N–H and O–H groups in total. The second kappa shape index (κ2) is 7.04. The fourth-order valence-electron chi connectivity index (χ4n) is 1.43. The number of morpholine rings is 1. The van der Waals surface area contributed by atoms with Crippen molar-refractivity contribution in [2.24, 2.45) is 5.16 Å². The Morgan fingerprint density at radius 2 is 2.37 bits per heavy atom. The van der Waals surface area contributed by atoms with Gasteiger partial charge in [0.2, 0.25) is 0 Å². The number of carbonyl (C=O) groups excluding carboxylic acids is 1. The molecular weight excluding hydrogens is 252 g/mol. The summed E-state index contributed by atoms with van der Waals surface area (Å²) in [5, 5.41) is 15.5. The molecule has 1 aliphatic rings. The van der Waals surface area contributed by atoms with Crippen LogP contribution in [0.3, 0.4) is 0 Å². The van der Waals surface area contributed by atoms with Crippen LogP contribution in [0.25, 0.3) is 0 Å². The van der Waals surface area contributed by atoms with Crippen LogP contribution in [0.15, 0.2) is 5.16 Å². The summed E-state index contributed by atoms with van der Waals surface area (Å²) < 4.78 is 10.2. The largest absolute Gasteiger partial charge is 0.461 e. The van der Waals surface area contributed by atoms with Crippen LogP contribution in [0.5, 0.6) is 0 Å². The molecule has 0 spiro atoms. The van der Waals surface area contributed by atoms with Crippen molar-refractivity contribution in [1.82, 2.24) is 10.2 Å². The topological polar surface area (TPSA) is 96.2 Å². The number of carbonyl (C=O) groups is 1. The minimum absolute atomic E-state index is 0.163. The number of nitriles is 1. The molecule has 1 heterocycles. The van der Waals surface area contributed by atoms with Crippen molar-refractivity contribution in [3.8, 4) is 6.07 Å². The minimum Gasteiger partial charge on any atom is -0.461 e. The highest BCUT2D eigenvalue weighted by atomic mass is 16.8. The number of nitrogens with zero attached hydrogens (tertiary/aromatic N) is 3. The molecule has 0 amide bonds. The molecule has 19 heavy (non-hydrogen) atoms.